The average Bonchev–Trinajstić information content (AvgIpc) is 2.78. The Hall–Kier alpha value is -1.45. The van der Waals surface area contributed by atoms with E-state index >= 15 is 0 Å². The van der Waals surface area contributed by atoms with E-state index in [0.29, 0.717) is 18.4 Å². The second kappa shape index (κ2) is 12.0. The molecule has 0 atom stereocenters. The molecule has 31 heavy (non-hydrogen) atoms. The van der Waals surface area contributed by atoms with Gasteiger partial charge >= 0.3 is 0 Å². The van der Waals surface area contributed by atoms with Crippen LogP contribution in [0.2, 0.25) is 0 Å². The zero-order valence-corrected chi connectivity index (χ0v) is 19.2. The fourth-order valence-electron chi connectivity index (χ4n) is 5.40. The molecule has 0 amide bonds. The van der Waals surface area contributed by atoms with Crippen molar-refractivity contribution >= 4 is 6.08 Å². The Morgan fingerprint density at radius 1 is 0.935 bits per heavy atom. The molecule has 0 N–H and O–H groups in total. The van der Waals surface area contributed by atoms with E-state index in [1.165, 1.54) is 51.0 Å². The predicted octanol–water partition coefficient (Wildman–Crippen LogP) is 8.98. The number of allylic oxidation sites excluding steroid dienone is 1. The molecule has 2 aliphatic rings. The van der Waals surface area contributed by atoms with Crippen LogP contribution in [0.25, 0.3) is 6.08 Å². The summed E-state index contributed by atoms with van der Waals surface area (Å²) in [5, 5.41) is 0. The Bertz CT molecular complexity index is 699. The molecule has 0 aromatic heterocycles. The van der Waals surface area contributed by atoms with Gasteiger partial charge in [0.1, 0.15) is 0 Å². The zero-order valence-electron chi connectivity index (χ0n) is 19.2. The maximum absolute atomic E-state index is 14.9. The Morgan fingerprint density at radius 3 is 2.19 bits per heavy atom. The molecule has 4 heteroatoms. The molecular weight excluding hydrogens is 397 g/mol. The van der Waals surface area contributed by atoms with Gasteiger partial charge in [-0.3, -0.25) is 0 Å². The van der Waals surface area contributed by atoms with E-state index in [0.717, 1.165) is 37.5 Å². The monoisotopic (exact) mass is 436 g/mol. The van der Waals surface area contributed by atoms with Gasteiger partial charge in [-0.25, -0.2) is 13.2 Å². The molecule has 1 aromatic carbocycles. The van der Waals surface area contributed by atoms with Crippen LogP contribution in [0, 0.1) is 29.5 Å². The van der Waals surface area contributed by atoms with E-state index in [1.54, 1.807) is 12.1 Å². The van der Waals surface area contributed by atoms with Crippen molar-refractivity contribution < 1.29 is 17.9 Å². The van der Waals surface area contributed by atoms with Crippen molar-refractivity contribution in [1.82, 2.24) is 0 Å². The van der Waals surface area contributed by atoms with Crippen LogP contribution in [0.1, 0.15) is 102 Å². The lowest BCUT2D eigenvalue weighted by Gasteiger charge is -2.27. The minimum Gasteiger partial charge on any atom is -0.490 e. The van der Waals surface area contributed by atoms with Gasteiger partial charge in [0.05, 0.1) is 12.2 Å². The lowest BCUT2D eigenvalue weighted by molar-refractivity contribution is 0.142. The lowest BCUT2D eigenvalue weighted by Crippen LogP contribution is -2.20. The first-order chi connectivity index (χ1) is 15.0. The van der Waals surface area contributed by atoms with Crippen LogP contribution >= 0.6 is 0 Å². The summed E-state index contributed by atoms with van der Waals surface area (Å²) < 4.78 is 48.0. The standard InChI is InChI=1S/C27H39F3O/c1-3-5-20-8-10-21(11-9-20)14-15-23-16-17-24(26(28)25(23)27(29)30)31-18-22-12-6-19(4-2)7-13-22/h14-17,19-22,27H,3-13,18H2,1-2H3/b15-14+. The van der Waals surface area contributed by atoms with Gasteiger partial charge in [-0.15, -0.1) is 0 Å². The molecular formula is C27H39F3O. The third kappa shape index (κ3) is 6.76. The summed E-state index contributed by atoms with van der Waals surface area (Å²) >= 11 is 0. The number of hydrogen-bond acceptors (Lipinski definition) is 1. The molecule has 0 spiro atoms. The molecule has 0 aliphatic heterocycles. The smallest absolute Gasteiger partial charge is 0.267 e. The summed E-state index contributed by atoms with van der Waals surface area (Å²) in [5.74, 6) is 1.44. The normalized spacial score (nSPS) is 27.2. The Labute approximate surface area is 186 Å². The maximum Gasteiger partial charge on any atom is 0.267 e. The molecule has 1 aromatic rings. The number of ether oxygens (including phenoxy) is 1. The largest absolute Gasteiger partial charge is 0.490 e. The van der Waals surface area contributed by atoms with Gasteiger partial charge in [-0.05, 0) is 73.8 Å². The molecule has 0 bridgehead atoms. The first-order valence-electron chi connectivity index (χ1n) is 12.4. The number of rotatable bonds is 9. The maximum atomic E-state index is 14.9. The Balaban J connectivity index is 1.61. The van der Waals surface area contributed by atoms with Crippen LogP contribution in [0.15, 0.2) is 18.2 Å². The average molecular weight is 437 g/mol. The van der Waals surface area contributed by atoms with E-state index in [4.69, 9.17) is 4.74 Å². The molecule has 0 heterocycles. The van der Waals surface area contributed by atoms with Crippen LogP contribution in [0.4, 0.5) is 13.2 Å². The number of alkyl halides is 2. The van der Waals surface area contributed by atoms with Gasteiger partial charge < -0.3 is 4.74 Å². The summed E-state index contributed by atoms with van der Waals surface area (Å²) in [6.45, 7) is 4.85. The first-order valence-corrected chi connectivity index (χ1v) is 12.4. The second-order valence-electron chi connectivity index (χ2n) is 9.72. The summed E-state index contributed by atoms with van der Waals surface area (Å²) in [5.41, 5.74) is -0.248. The van der Waals surface area contributed by atoms with E-state index < -0.39 is 17.8 Å². The first kappa shape index (κ1) is 24.2. The third-order valence-corrected chi connectivity index (χ3v) is 7.55. The molecule has 2 aliphatic carbocycles. The number of benzene rings is 1. The van der Waals surface area contributed by atoms with Gasteiger partial charge in [0.25, 0.3) is 6.43 Å². The minimum atomic E-state index is -2.86. The van der Waals surface area contributed by atoms with Crippen molar-refractivity contribution in [3.8, 4) is 5.75 Å². The molecule has 3 rings (SSSR count). The van der Waals surface area contributed by atoms with E-state index in [-0.39, 0.29) is 11.3 Å². The highest BCUT2D eigenvalue weighted by molar-refractivity contribution is 5.57. The molecule has 174 valence electrons. The predicted molar refractivity (Wildman–Crippen MR) is 122 cm³/mol. The molecule has 0 radical (unpaired) electrons. The van der Waals surface area contributed by atoms with Gasteiger partial charge in [0.2, 0.25) is 0 Å². The lowest BCUT2D eigenvalue weighted by atomic mass is 9.80. The number of hydrogen-bond donors (Lipinski definition) is 0. The minimum absolute atomic E-state index is 0.0369. The Kier molecular flexibility index (Phi) is 9.34. The van der Waals surface area contributed by atoms with Crippen molar-refractivity contribution in [1.29, 1.82) is 0 Å². The van der Waals surface area contributed by atoms with Crippen LogP contribution in [0.3, 0.4) is 0 Å². The van der Waals surface area contributed by atoms with Crippen LogP contribution in [0.5, 0.6) is 5.75 Å². The quantitative estimate of drug-likeness (QED) is 0.375. The summed E-state index contributed by atoms with van der Waals surface area (Å²) in [4.78, 5) is 0. The van der Waals surface area contributed by atoms with Gasteiger partial charge in [0.15, 0.2) is 11.6 Å². The molecule has 0 unspecified atom stereocenters. The van der Waals surface area contributed by atoms with Crippen LogP contribution in [-0.2, 0) is 0 Å². The molecule has 0 saturated heterocycles. The molecule has 2 fully saturated rings. The Morgan fingerprint density at radius 2 is 1.58 bits per heavy atom. The van der Waals surface area contributed by atoms with Crippen LogP contribution in [-0.4, -0.2) is 6.61 Å². The van der Waals surface area contributed by atoms with Crippen molar-refractivity contribution in [2.24, 2.45) is 23.7 Å². The highest BCUT2D eigenvalue weighted by Crippen LogP contribution is 2.36. The fourth-order valence-corrected chi connectivity index (χ4v) is 5.40. The van der Waals surface area contributed by atoms with E-state index in [1.807, 2.05) is 6.08 Å². The van der Waals surface area contributed by atoms with Crippen molar-refractivity contribution in [3.05, 3.63) is 35.2 Å². The van der Waals surface area contributed by atoms with Crippen molar-refractivity contribution in [2.75, 3.05) is 6.61 Å². The highest BCUT2D eigenvalue weighted by atomic mass is 19.3. The van der Waals surface area contributed by atoms with Gasteiger partial charge in [-0.2, -0.15) is 0 Å². The van der Waals surface area contributed by atoms with Crippen LogP contribution < -0.4 is 4.74 Å². The second-order valence-corrected chi connectivity index (χ2v) is 9.72. The van der Waals surface area contributed by atoms with Crippen molar-refractivity contribution in [2.45, 2.75) is 90.9 Å². The molecule has 1 nitrogen and oxygen atoms in total. The summed E-state index contributed by atoms with van der Waals surface area (Å²) in [6.07, 6.45) is 13.6. The fraction of sp³-hybridized carbons (Fsp3) is 0.704. The van der Waals surface area contributed by atoms with Crippen molar-refractivity contribution in [3.63, 3.8) is 0 Å². The number of halogens is 3. The van der Waals surface area contributed by atoms with E-state index in [2.05, 4.69) is 13.8 Å². The molecule has 2 saturated carbocycles. The SMILES string of the molecule is CCCC1CCC(/C=C/c2ccc(OCC3CCC(CC)CC3)c(F)c2C(F)F)CC1. The summed E-state index contributed by atoms with van der Waals surface area (Å²) in [7, 11) is 0. The zero-order chi connectivity index (χ0) is 22.2. The van der Waals surface area contributed by atoms with Gasteiger partial charge in [0, 0.05) is 0 Å². The van der Waals surface area contributed by atoms with Gasteiger partial charge in [-0.1, -0.05) is 64.2 Å². The topological polar surface area (TPSA) is 9.23 Å². The summed E-state index contributed by atoms with van der Waals surface area (Å²) in [6, 6.07) is 3.11. The highest BCUT2D eigenvalue weighted by Gasteiger charge is 2.24. The third-order valence-electron chi connectivity index (χ3n) is 7.55. The van der Waals surface area contributed by atoms with E-state index in [9.17, 15) is 13.2 Å².